The first-order valence-electron chi connectivity index (χ1n) is 11.2. The number of amides is 1. The average molecular weight is 441 g/mol. The molecule has 3 heterocycles. The van der Waals surface area contributed by atoms with Crippen molar-refractivity contribution in [3.63, 3.8) is 0 Å². The molecule has 3 aromatic heterocycles. The summed E-state index contributed by atoms with van der Waals surface area (Å²) in [4.78, 5) is 40.7. The maximum absolute atomic E-state index is 12.8. The molecule has 2 N–H and O–H groups in total. The Bertz CT molecular complexity index is 1490. The van der Waals surface area contributed by atoms with E-state index in [0.29, 0.717) is 28.2 Å². The van der Waals surface area contributed by atoms with Gasteiger partial charge in [-0.25, -0.2) is 10.1 Å². The van der Waals surface area contributed by atoms with E-state index in [-0.39, 0.29) is 28.7 Å². The Morgan fingerprint density at radius 1 is 1.12 bits per heavy atom. The Morgan fingerprint density at radius 3 is 2.64 bits per heavy atom. The predicted molar refractivity (Wildman–Crippen MR) is 122 cm³/mol. The largest absolute Gasteiger partial charge is 0.348 e. The zero-order valence-corrected chi connectivity index (χ0v) is 18.2. The number of hydrogen-bond donors (Lipinski definition) is 2. The number of H-pyrrole nitrogens is 1. The van der Waals surface area contributed by atoms with E-state index in [1.165, 1.54) is 6.92 Å². The molecule has 6 rings (SSSR count). The first-order valence-corrected chi connectivity index (χ1v) is 11.2. The van der Waals surface area contributed by atoms with Gasteiger partial charge < -0.3 is 5.32 Å². The molecule has 1 spiro atoms. The van der Waals surface area contributed by atoms with Gasteiger partial charge in [0.2, 0.25) is 0 Å². The molecule has 0 radical (unpaired) electrons. The second-order valence-electron chi connectivity index (χ2n) is 9.51. The number of aromatic nitrogens is 4. The number of aromatic amines is 1. The highest BCUT2D eigenvalue weighted by atomic mass is 16.2. The van der Waals surface area contributed by atoms with E-state index in [4.69, 9.17) is 0 Å². The summed E-state index contributed by atoms with van der Waals surface area (Å²) in [5, 5.41) is 11.8. The van der Waals surface area contributed by atoms with Gasteiger partial charge in [-0.1, -0.05) is 18.2 Å². The minimum atomic E-state index is -0.153. The van der Waals surface area contributed by atoms with Crippen LogP contribution in [0.4, 0.5) is 0 Å². The summed E-state index contributed by atoms with van der Waals surface area (Å²) in [6.07, 6.45) is 7.20. The second-order valence-corrected chi connectivity index (χ2v) is 9.51. The van der Waals surface area contributed by atoms with E-state index in [9.17, 15) is 14.4 Å². The van der Waals surface area contributed by atoms with E-state index in [0.717, 1.165) is 36.8 Å². The van der Waals surface area contributed by atoms with E-state index < -0.39 is 0 Å². The van der Waals surface area contributed by atoms with Crippen LogP contribution in [0.25, 0.3) is 16.4 Å². The summed E-state index contributed by atoms with van der Waals surface area (Å²) in [6, 6.07) is 11.2. The third-order valence-corrected chi connectivity index (χ3v) is 7.32. The van der Waals surface area contributed by atoms with Gasteiger partial charge >= 0.3 is 0 Å². The van der Waals surface area contributed by atoms with Crippen LogP contribution < -0.4 is 10.9 Å². The van der Waals surface area contributed by atoms with Gasteiger partial charge in [0.05, 0.1) is 17.3 Å². The number of nitrogens with zero attached hydrogens (tertiary/aromatic N) is 3. The Labute approximate surface area is 189 Å². The molecule has 0 bridgehead atoms. The molecule has 0 aliphatic heterocycles. The third-order valence-electron chi connectivity index (χ3n) is 7.32. The zero-order valence-electron chi connectivity index (χ0n) is 18.2. The lowest BCUT2D eigenvalue weighted by molar-refractivity contribution is -0.0197. The van der Waals surface area contributed by atoms with E-state index in [2.05, 4.69) is 20.5 Å². The third kappa shape index (κ3) is 3.16. The van der Waals surface area contributed by atoms with Crippen LogP contribution in [-0.2, 0) is 0 Å². The summed E-state index contributed by atoms with van der Waals surface area (Å²) < 4.78 is 1.71. The number of ketones is 1. The molecule has 166 valence electrons. The molecule has 2 aliphatic carbocycles. The average Bonchev–Trinajstić information content (AvgIpc) is 3.19. The van der Waals surface area contributed by atoms with Gasteiger partial charge in [-0.3, -0.25) is 18.8 Å². The number of carbonyl (C=O) groups is 2. The predicted octanol–water partition coefficient (Wildman–Crippen LogP) is 3.23. The van der Waals surface area contributed by atoms with Crippen molar-refractivity contribution in [2.75, 3.05) is 0 Å². The fourth-order valence-corrected chi connectivity index (χ4v) is 5.67. The number of fused-ring (bicyclic) bond motifs is 2. The lowest BCUT2D eigenvalue weighted by Crippen LogP contribution is -2.55. The SMILES string of the molecule is CC(=O)c1ccn2c(C(=O)N[C@H]3CC4(C3)C[C@H](c3n[nH]c(=O)c5ccccc53)C4)cnc2c1. The number of rotatable bonds is 4. The number of benzene rings is 1. The van der Waals surface area contributed by atoms with Crippen LogP contribution >= 0.6 is 0 Å². The molecule has 0 atom stereocenters. The van der Waals surface area contributed by atoms with Crippen molar-refractivity contribution < 1.29 is 9.59 Å². The van der Waals surface area contributed by atoms with Crippen LogP contribution in [0, 0.1) is 5.41 Å². The molecule has 2 saturated carbocycles. The van der Waals surface area contributed by atoms with Crippen LogP contribution in [0.15, 0.2) is 53.6 Å². The van der Waals surface area contributed by atoms with Crippen LogP contribution in [0.3, 0.4) is 0 Å². The van der Waals surface area contributed by atoms with Crippen molar-refractivity contribution in [2.45, 2.75) is 44.6 Å². The van der Waals surface area contributed by atoms with Crippen molar-refractivity contribution >= 4 is 28.1 Å². The van der Waals surface area contributed by atoms with Gasteiger partial charge in [-0.05, 0) is 56.2 Å². The molecule has 8 heteroatoms. The molecule has 0 unspecified atom stereocenters. The fraction of sp³-hybridized carbons (Fsp3) is 0.320. The highest BCUT2D eigenvalue weighted by molar-refractivity contribution is 5.96. The summed E-state index contributed by atoms with van der Waals surface area (Å²) in [7, 11) is 0. The molecule has 0 saturated heterocycles. The molecular formula is C25H23N5O3. The number of Topliss-reactive ketones (excluding diaryl/α,β-unsaturated/α-hetero) is 1. The Kier molecular flexibility index (Phi) is 4.27. The van der Waals surface area contributed by atoms with Gasteiger partial charge in [-0.15, -0.1) is 0 Å². The molecule has 2 aliphatic rings. The van der Waals surface area contributed by atoms with Gasteiger partial charge in [-0.2, -0.15) is 5.10 Å². The monoisotopic (exact) mass is 441 g/mol. The van der Waals surface area contributed by atoms with Crippen molar-refractivity contribution in [1.82, 2.24) is 24.9 Å². The molecular weight excluding hydrogens is 418 g/mol. The number of carbonyl (C=O) groups excluding carboxylic acids is 2. The number of nitrogens with one attached hydrogen (secondary N) is 2. The van der Waals surface area contributed by atoms with Crippen LogP contribution in [0.1, 0.15) is 65.1 Å². The zero-order chi connectivity index (χ0) is 22.7. The van der Waals surface area contributed by atoms with Crippen molar-refractivity contribution in [2.24, 2.45) is 5.41 Å². The number of hydrogen-bond acceptors (Lipinski definition) is 5. The summed E-state index contributed by atoms with van der Waals surface area (Å²) >= 11 is 0. The molecule has 1 amide bonds. The fourth-order valence-electron chi connectivity index (χ4n) is 5.67. The Morgan fingerprint density at radius 2 is 1.88 bits per heavy atom. The van der Waals surface area contributed by atoms with Crippen LogP contribution in [-0.4, -0.2) is 37.3 Å². The van der Waals surface area contributed by atoms with Crippen molar-refractivity contribution in [3.05, 3.63) is 76.1 Å². The number of pyridine rings is 1. The summed E-state index contributed by atoms with van der Waals surface area (Å²) in [5.41, 5.74) is 2.69. The highest BCUT2D eigenvalue weighted by Crippen LogP contribution is 2.62. The van der Waals surface area contributed by atoms with Crippen molar-refractivity contribution in [1.29, 1.82) is 0 Å². The van der Waals surface area contributed by atoms with Crippen LogP contribution in [0.5, 0.6) is 0 Å². The first kappa shape index (κ1) is 19.8. The molecule has 4 aromatic rings. The lowest BCUT2D eigenvalue weighted by atomic mass is 9.49. The lowest BCUT2D eigenvalue weighted by Gasteiger charge is -2.57. The summed E-state index contributed by atoms with van der Waals surface area (Å²) in [5.74, 6) is 0.148. The molecule has 8 nitrogen and oxygen atoms in total. The minimum absolute atomic E-state index is 0.0323. The molecule has 1 aromatic carbocycles. The van der Waals surface area contributed by atoms with E-state index in [1.807, 2.05) is 24.3 Å². The van der Waals surface area contributed by atoms with Gasteiger partial charge in [0.1, 0.15) is 11.3 Å². The quantitative estimate of drug-likeness (QED) is 0.473. The first-order chi connectivity index (χ1) is 15.9. The maximum atomic E-state index is 12.8. The topological polar surface area (TPSA) is 109 Å². The molecule has 33 heavy (non-hydrogen) atoms. The maximum Gasteiger partial charge on any atom is 0.272 e. The minimum Gasteiger partial charge on any atom is -0.348 e. The Balaban J connectivity index is 1.11. The Hall–Kier alpha value is -3.81. The van der Waals surface area contributed by atoms with Crippen LogP contribution in [0.2, 0.25) is 0 Å². The van der Waals surface area contributed by atoms with Gasteiger partial charge in [0, 0.05) is 29.1 Å². The normalized spacial score (nSPS) is 23.9. The molecule has 2 fully saturated rings. The van der Waals surface area contributed by atoms with Crippen molar-refractivity contribution in [3.8, 4) is 0 Å². The smallest absolute Gasteiger partial charge is 0.272 e. The standard InChI is InChI=1S/C25H23N5O3/c1-14(31)15-6-7-30-20(13-26-21(30)8-15)24(33)27-17-11-25(12-17)9-16(10-25)22-18-4-2-3-5-19(18)23(32)29-28-22/h2-8,13,16-17H,9-12H2,1H3,(H,27,33)(H,29,32)/t16-,17-,25?. The highest BCUT2D eigenvalue weighted by Gasteiger charge is 2.54. The van der Waals surface area contributed by atoms with Gasteiger partial charge in [0.15, 0.2) is 5.78 Å². The summed E-state index contributed by atoms with van der Waals surface area (Å²) in [6.45, 7) is 1.51. The number of imidazole rings is 1. The second kappa shape index (κ2) is 7.10. The van der Waals surface area contributed by atoms with E-state index >= 15 is 0 Å². The van der Waals surface area contributed by atoms with Gasteiger partial charge in [0.25, 0.3) is 11.5 Å². The van der Waals surface area contributed by atoms with E-state index in [1.54, 1.807) is 28.9 Å².